The smallest absolute Gasteiger partial charge is 0.166 e. The van der Waals surface area contributed by atoms with E-state index in [9.17, 15) is 0 Å². The molecule has 7 heteroatoms. The van der Waals surface area contributed by atoms with Crippen molar-refractivity contribution in [3.63, 3.8) is 0 Å². The molecule has 0 spiro atoms. The van der Waals surface area contributed by atoms with Crippen LogP contribution in [0, 0.1) is 0 Å². The van der Waals surface area contributed by atoms with E-state index in [0.29, 0.717) is 29.7 Å². The second-order valence-corrected chi connectivity index (χ2v) is 4.41. The summed E-state index contributed by atoms with van der Waals surface area (Å²) in [6.45, 7) is 0.603. The van der Waals surface area contributed by atoms with Gasteiger partial charge in [0.05, 0.1) is 13.3 Å². The van der Waals surface area contributed by atoms with Crippen molar-refractivity contribution in [3.05, 3.63) is 34.6 Å². The molecule has 1 heterocycles. The molecule has 0 saturated heterocycles. The van der Waals surface area contributed by atoms with Crippen LogP contribution in [0.1, 0.15) is 11.3 Å². The number of ether oxygens (including phenoxy) is 2. The number of aryl methyl sites for hydroxylation is 1. The molecule has 19 heavy (non-hydrogen) atoms. The van der Waals surface area contributed by atoms with Crippen molar-refractivity contribution in [2.75, 3.05) is 7.11 Å². The summed E-state index contributed by atoms with van der Waals surface area (Å²) in [5.74, 6) is 1.14. The summed E-state index contributed by atoms with van der Waals surface area (Å²) in [5, 5.41) is 8.35. The maximum Gasteiger partial charge on any atom is 0.166 e. The minimum Gasteiger partial charge on any atom is -0.493 e. The molecule has 6 nitrogen and oxygen atoms in total. The van der Waals surface area contributed by atoms with Crippen LogP contribution in [-0.4, -0.2) is 22.1 Å². The molecule has 0 fully saturated rings. The van der Waals surface area contributed by atoms with E-state index in [1.54, 1.807) is 37.2 Å². The highest BCUT2D eigenvalue weighted by molar-refractivity contribution is 6.30. The van der Waals surface area contributed by atoms with Gasteiger partial charge in [-0.2, -0.15) is 0 Å². The van der Waals surface area contributed by atoms with Crippen LogP contribution in [0.5, 0.6) is 11.5 Å². The molecule has 0 radical (unpaired) electrons. The zero-order chi connectivity index (χ0) is 13.8. The molecule has 0 atom stereocenters. The van der Waals surface area contributed by atoms with Crippen LogP contribution in [-0.2, 0) is 20.2 Å². The maximum absolute atomic E-state index is 5.98. The first-order valence-electron chi connectivity index (χ1n) is 5.68. The third-order valence-electron chi connectivity index (χ3n) is 2.55. The third-order valence-corrected chi connectivity index (χ3v) is 2.77. The van der Waals surface area contributed by atoms with Crippen molar-refractivity contribution in [2.45, 2.75) is 13.2 Å². The van der Waals surface area contributed by atoms with Crippen LogP contribution in [0.2, 0.25) is 5.02 Å². The Morgan fingerprint density at radius 2 is 2.21 bits per heavy atom. The van der Waals surface area contributed by atoms with Gasteiger partial charge >= 0.3 is 0 Å². The zero-order valence-electron chi connectivity index (χ0n) is 10.8. The van der Waals surface area contributed by atoms with Crippen LogP contribution in [0.4, 0.5) is 0 Å². The average molecular weight is 283 g/mol. The van der Waals surface area contributed by atoms with Crippen LogP contribution in [0.15, 0.2) is 18.3 Å². The summed E-state index contributed by atoms with van der Waals surface area (Å²) in [4.78, 5) is 0. The van der Waals surface area contributed by atoms with Gasteiger partial charge in [-0.25, -0.2) is 0 Å². The lowest BCUT2D eigenvalue weighted by atomic mass is 10.2. The summed E-state index contributed by atoms with van der Waals surface area (Å²) < 4.78 is 12.6. The Hall–Kier alpha value is -1.79. The number of nitrogens with two attached hydrogens (primary N) is 1. The SMILES string of the molecule is COc1cc(Cl)cc(CN)c1OCc1cn(C)nn1. The first-order valence-corrected chi connectivity index (χ1v) is 6.06. The Morgan fingerprint density at radius 1 is 1.42 bits per heavy atom. The molecule has 0 aliphatic heterocycles. The van der Waals surface area contributed by atoms with Gasteiger partial charge in [0.1, 0.15) is 12.3 Å². The van der Waals surface area contributed by atoms with Crippen molar-refractivity contribution in [1.29, 1.82) is 0 Å². The van der Waals surface area contributed by atoms with Crippen molar-refractivity contribution in [2.24, 2.45) is 12.8 Å². The van der Waals surface area contributed by atoms with E-state index >= 15 is 0 Å². The van der Waals surface area contributed by atoms with Gasteiger partial charge in [-0.05, 0) is 6.07 Å². The Bertz CT molecular complexity index is 546. The minimum absolute atomic E-state index is 0.291. The van der Waals surface area contributed by atoms with Crippen molar-refractivity contribution < 1.29 is 9.47 Å². The number of rotatable bonds is 5. The van der Waals surface area contributed by atoms with Crippen LogP contribution in [0.25, 0.3) is 0 Å². The van der Waals surface area contributed by atoms with Crippen molar-refractivity contribution >= 4 is 11.6 Å². The lowest BCUT2D eigenvalue weighted by molar-refractivity contribution is 0.277. The molecule has 1 aromatic heterocycles. The fraction of sp³-hybridized carbons (Fsp3) is 0.333. The van der Waals surface area contributed by atoms with Gasteiger partial charge in [-0.15, -0.1) is 5.10 Å². The summed E-state index contributed by atoms with van der Waals surface area (Å²) >= 11 is 5.98. The first kappa shape index (κ1) is 13.6. The molecule has 0 bridgehead atoms. The summed E-state index contributed by atoms with van der Waals surface area (Å²) in [7, 11) is 3.35. The molecule has 0 aliphatic rings. The van der Waals surface area contributed by atoms with E-state index in [2.05, 4.69) is 10.3 Å². The molecule has 102 valence electrons. The normalized spacial score (nSPS) is 10.5. The van der Waals surface area contributed by atoms with Crippen LogP contribution >= 0.6 is 11.6 Å². The summed E-state index contributed by atoms with van der Waals surface area (Å²) in [5.41, 5.74) is 7.20. The van der Waals surface area contributed by atoms with Crippen molar-refractivity contribution in [1.82, 2.24) is 15.0 Å². The van der Waals surface area contributed by atoms with E-state index in [-0.39, 0.29) is 0 Å². The number of methoxy groups -OCH3 is 1. The van der Waals surface area contributed by atoms with Crippen LogP contribution in [0.3, 0.4) is 0 Å². The monoisotopic (exact) mass is 282 g/mol. The molecule has 2 N–H and O–H groups in total. The summed E-state index contributed by atoms with van der Waals surface area (Å²) in [6, 6.07) is 3.45. The molecular formula is C12H15ClN4O2. The molecular weight excluding hydrogens is 268 g/mol. The zero-order valence-corrected chi connectivity index (χ0v) is 11.5. The van der Waals surface area contributed by atoms with E-state index < -0.39 is 0 Å². The highest BCUT2D eigenvalue weighted by atomic mass is 35.5. The minimum atomic E-state index is 0.291. The highest BCUT2D eigenvalue weighted by Gasteiger charge is 2.12. The Labute approximate surface area is 116 Å². The number of hydrogen-bond acceptors (Lipinski definition) is 5. The number of aromatic nitrogens is 3. The lowest BCUT2D eigenvalue weighted by Gasteiger charge is -2.14. The van der Waals surface area contributed by atoms with E-state index in [0.717, 1.165) is 11.3 Å². The molecule has 0 amide bonds. The van der Waals surface area contributed by atoms with Crippen molar-refractivity contribution in [3.8, 4) is 11.5 Å². The second-order valence-electron chi connectivity index (χ2n) is 3.97. The fourth-order valence-electron chi connectivity index (χ4n) is 1.70. The fourth-order valence-corrected chi connectivity index (χ4v) is 1.93. The Kier molecular flexibility index (Phi) is 4.24. The van der Waals surface area contributed by atoms with Gasteiger partial charge in [0.2, 0.25) is 0 Å². The number of nitrogens with zero attached hydrogens (tertiary/aromatic N) is 3. The molecule has 0 aliphatic carbocycles. The standard InChI is InChI=1S/C12H15ClN4O2/c1-17-6-10(15-16-17)7-19-12-8(5-14)3-9(13)4-11(12)18-2/h3-4,6H,5,7,14H2,1-2H3. The van der Waals surface area contributed by atoms with Gasteiger partial charge in [0, 0.05) is 30.2 Å². The van der Waals surface area contributed by atoms with Gasteiger partial charge in [0.25, 0.3) is 0 Å². The van der Waals surface area contributed by atoms with Gasteiger partial charge in [-0.1, -0.05) is 16.8 Å². The highest BCUT2D eigenvalue weighted by Crippen LogP contribution is 2.34. The first-order chi connectivity index (χ1) is 9.13. The average Bonchev–Trinajstić information content (AvgIpc) is 2.81. The predicted octanol–water partition coefficient (Wildman–Crippen LogP) is 1.51. The lowest BCUT2D eigenvalue weighted by Crippen LogP contribution is -2.05. The Morgan fingerprint density at radius 3 is 2.79 bits per heavy atom. The van der Waals surface area contributed by atoms with Crippen LogP contribution < -0.4 is 15.2 Å². The molecule has 1 aromatic carbocycles. The summed E-state index contributed by atoms with van der Waals surface area (Å²) in [6.07, 6.45) is 1.78. The Balaban J connectivity index is 2.23. The third kappa shape index (κ3) is 3.15. The molecule has 0 saturated carbocycles. The topological polar surface area (TPSA) is 75.2 Å². The van der Waals surface area contributed by atoms with Gasteiger partial charge in [-0.3, -0.25) is 4.68 Å². The predicted molar refractivity (Wildman–Crippen MR) is 71.2 cm³/mol. The second kappa shape index (κ2) is 5.90. The van der Waals surface area contributed by atoms with E-state index in [4.69, 9.17) is 26.8 Å². The maximum atomic E-state index is 5.98. The van der Waals surface area contributed by atoms with E-state index in [1.807, 2.05) is 0 Å². The van der Waals surface area contributed by atoms with Gasteiger partial charge < -0.3 is 15.2 Å². The number of benzene rings is 1. The quantitative estimate of drug-likeness (QED) is 0.900. The number of hydrogen-bond donors (Lipinski definition) is 1. The molecule has 2 rings (SSSR count). The largest absolute Gasteiger partial charge is 0.493 e. The molecule has 0 unspecified atom stereocenters. The number of halogens is 1. The molecule has 2 aromatic rings. The van der Waals surface area contributed by atoms with E-state index in [1.165, 1.54) is 0 Å². The van der Waals surface area contributed by atoms with Gasteiger partial charge in [0.15, 0.2) is 11.5 Å².